The van der Waals surface area contributed by atoms with Crippen LogP contribution in [-0.4, -0.2) is 6.04 Å². The maximum atomic E-state index is 8.95. The van der Waals surface area contributed by atoms with Crippen molar-refractivity contribution in [2.75, 3.05) is 0 Å². The number of nitrogens with zero attached hydrogens (tertiary/aromatic N) is 1. The Morgan fingerprint density at radius 1 is 1.25 bits per heavy atom. The Labute approximate surface area is 98.3 Å². The van der Waals surface area contributed by atoms with Gasteiger partial charge in [0.25, 0.3) is 0 Å². The summed E-state index contributed by atoms with van der Waals surface area (Å²) in [5.74, 6) is 0.703. The molecule has 1 atom stereocenters. The highest BCUT2D eigenvalue weighted by molar-refractivity contribution is 5.37. The second-order valence-electron chi connectivity index (χ2n) is 4.68. The summed E-state index contributed by atoms with van der Waals surface area (Å²) in [6.07, 6.45) is 1.16. The molecule has 0 saturated carbocycles. The molecule has 0 fully saturated rings. The molecule has 0 aliphatic rings. The van der Waals surface area contributed by atoms with E-state index in [-0.39, 0.29) is 0 Å². The summed E-state index contributed by atoms with van der Waals surface area (Å²) >= 11 is 0. The summed E-state index contributed by atoms with van der Waals surface area (Å²) < 4.78 is 0. The normalized spacial score (nSPS) is 12.4. The third kappa shape index (κ3) is 4.04. The van der Waals surface area contributed by atoms with Crippen LogP contribution in [0.15, 0.2) is 24.3 Å². The molecule has 0 aliphatic heterocycles. The molecular formula is C14H20N2. The second kappa shape index (κ2) is 6.30. The minimum absolute atomic E-state index is 0.492. The van der Waals surface area contributed by atoms with Crippen molar-refractivity contribution in [1.82, 2.24) is 5.32 Å². The highest BCUT2D eigenvalue weighted by Crippen LogP contribution is 2.09. The minimum atomic E-state index is 0.492. The smallest absolute Gasteiger partial charge is 0.0995 e. The molecule has 1 rings (SSSR count). The Morgan fingerprint density at radius 2 is 1.94 bits per heavy atom. The van der Waals surface area contributed by atoms with Gasteiger partial charge in [0.2, 0.25) is 0 Å². The van der Waals surface area contributed by atoms with Gasteiger partial charge in [-0.25, -0.2) is 0 Å². The van der Waals surface area contributed by atoms with Crippen molar-refractivity contribution >= 4 is 0 Å². The number of hydrogen-bond acceptors (Lipinski definition) is 2. The summed E-state index contributed by atoms with van der Waals surface area (Å²) in [4.78, 5) is 0. The lowest BCUT2D eigenvalue weighted by Crippen LogP contribution is -2.27. The fourth-order valence-corrected chi connectivity index (χ4v) is 1.86. The van der Waals surface area contributed by atoms with Gasteiger partial charge in [0.15, 0.2) is 0 Å². The van der Waals surface area contributed by atoms with E-state index >= 15 is 0 Å². The molecule has 0 aromatic heterocycles. The van der Waals surface area contributed by atoms with E-state index in [1.165, 1.54) is 0 Å². The molecule has 0 saturated heterocycles. The van der Waals surface area contributed by atoms with Crippen LogP contribution in [0.3, 0.4) is 0 Å². The molecule has 16 heavy (non-hydrogen) atoms. The van der Waals surface area contributed by atoms with Crippen molar-refractivity contribution in [2.24, 2.45) is 5.92 Å². The van der Waals surface area contributed by atoms with E-state index in [0.29, 0.717) is 12.0 Å². The predicted molar refractivity (Wildman–Crippen MR) is 66.9 cm³/mol. The van der Waals surface area contributed by atoms with Crippen molar-refractivity contribution in [2.45, 2.75) is 39.8 Å². The van der Waals surface area contributed by atoms with Gasteiger partial charge in [-0.05, 0) is 30.9 Å². The van der Waals surface area contributed by atoms with Gasteiger partial charge in [0, 0.05) is 12.6 Å². The maximum Gasteiger partial charge on any atom is 0.0995 e. The van der Waals surface area contributed by atoms with Crippen LogP contribution in [0.25, 0.3) is 0 Å². The van der Waals surface area contributed by atoms with Gasteiger partial charge in [-0.3, -0.25) is 0 Å². The van der Waals surface area contributed by atoms with Crippen LogP contribution in [0.1, 0.15) is 38.3 Å². The monoisotopic (exact) mass is 216 g/mol. The van der Waals surface area contributed by atoms with E-state index in [1.807, 2.05) is 24.3 Å². The number of benzene rings is 1. The summed E-state index contributed by atoms with van der Waals surface area (Å²) in [5, 5.41) is 12.4. The Kier molecular flexibility index (Phi) is 5.01. The van der Waals surface area contributed by atoms with E-state index in [0.717, 1.165) is 24.1 Å². The van der Waals surface area contributed by atoms with Gasteiger partial charge in [-0.15, -0.1) is 0 Å². The maximum absolute atomic E-state index is 8.95. The van der Waals surface area contributed by atoms with Crippen LogP contribution in [-0.2, 0) is 6.54 Å². The Hall–Kier alpha value is -1.33. The van der Waals surface area contributed by atoms with Crippen LogP contribution in [0.5, 0.6) is 0 Å². The third-order valence-electron chi connectivity index (χ3n) is 2.60. The molecule has 1 unspecified atom stereocenters. The molecule has 0 aliphatic carbocycles. The standard InChI is InChI=1S/C14H20N2/c1-11(2)8-12(3)16-10-14-7-5-4-6-13(14)9-15/h4-7,11-12,16H,8,10H2,1-3H3. The van der Waals surface area contributed by atoms with E-state index in [1.54, 1.807) is 0 Å². The number of nitrogens with one attached hydrogen (secondary N) is 1. The minimum Gasteiger partial charge on any atom is -0.310 e. The van der Waals surface area contributed by atoms with Crippen LogP contribution in [0.2, 0.25) is 0 Å². The summed E-state index contributed by atoms with van der Waals surface area (Å²) in [5.41, 5.74) is 1.85. The largest absolute Gasteiger partial charge is 0.310 e. The lowest BCUT2D eigenvalue weighted by atomic mass is 10.0. The van der Waals surface area contributed by atoms with E-state index < -0.39 is 0 Å². The predicted octanol–water partition coefficient (Wildman–Crippen LogP) is 3.08. The molecular weight excluding hydrogens is 196 g/mol. The molecule has 2 heteroatoms. The summed E-state index contributed by atoms with van der Waals surface area (Å²) in [6, 6.07) is 10.5. The van der Waals surface area contributed by atoms with Crippen molar-refractivity contribution in [3.8, 4) is 6.07 Å². The van der Waals surface area contributed by atoms with Gasteiger partial charge in [0.1, 0.15) is 0 Å². The Bertz CT molecular complexity index is 363. The van der Waals surface area contributed by atoms with E-state index in [4.69, 9.17) is 5.26 Å². The van der Waals surface area contributed by atoms with Crippen LogP contribution >= 0.6 is 0 Å². The Balaban J connectivity index is 2.52. The molecule has 86 valence electrons. The van der Waals surface area contributed by atoms with Crippen molar-refractivity contribution in [1.29, 1.82) is 5.26 Å². The van der Waals surface area contributed by atoms with E-state index in [9.17, 15) is 0 Å². The van der Waals surface area contributed by atoms with Gasteiger partial charge in [-0.1, -0.05) is 32.0 Å². The third-order valence-corrected chi connectivity index (χ3v) is 2.60. The summed E-state index contributed by atoms with van der Waals surface area (Å²) in [6.45, 7) is 7.41. The van der Waals surface area contributed by atoms with Crippen LogP contribution in [0.4, 0.5) is 0 Å². The quantitative estimate of drug-likeness (QED) is 0.821. The van der Waals surface area contributed by atoms with Crippen LogP contribution < -0.4 is 5.32 Å². The van der Waals surface area contributed by atoms with Gasteiger partial charge in [-0.2, -0.15) is 5.26 Å². The molecule has 1 N–H and O–H groups in total. The molecule has 2 nitrogen and oxygen atoms in total. The first-order chi connectivity index (χ1) is 7.63. The van der Waals surface area contributed by atoms with Gasteiger partial charge < -0.3 is 5.32 Å². The first-order valence-corrected chi connectivity index (χ1v) is 5.85. The topological polar surface area (TPSA) is 35.8 Å². The SMILES string of the molecule is CC(C)CC(C)NCc1ccccc1C#N. The molecule has 0 radical (unpaired) electrons. The zero-order valence-electron chi connectivity index (χ0n) is 10.3. The van der Waals surface area contributed by atoms with Crippen molar-refractivity contribution < 1.29 is 0 Å². The fourth-order valence-electron chi connectivity index (χ4n) is 1.86. The molecule has 0 amide bonds. The highest BCUT2D eigenvalue weighted by Gasteiger charge is 2.06. The highest BCUT2D eigenvalue weighted by atomic mass is 14.9. The fraction of sp³-hybridized carbons (Fsp3) is 0.500. The zero-order chi connectivity index (χ0) is 12.0. The number of hydrogen-bond donors (Lipinski definition) is 1. The molecule has 0 spiro atoms. The van der Waals surface area contributed by atoms with Gasteiger partial charge >= 0.3 is 0 Å². The van der Waals surface area contributed by atoms with Crippen molar-refractivity contribution in [3.63, 3.8) is 0 Å². The first-order valence-electron chi connectivity index (χ1n) is 5.85. The molecule has 1 aromatic carbocycles. The lowest BCUT2D eigenvalue weighted by Gasteiger charge is -2.16. The van der Waals surface area contributed by atoms with Gasteiger partial charge in [0.05, 0.1) is 11.6 Å². The van der Waals surface area contributed by atoms with E-state index in [2.05, 4.69) is 32.2 Å². The number of rotatable bonds is 5. The summed E-state index contributed by atoms with van der Waals surface area (Å²) in [7, 11) is 0. The zero-order valence-corrected chi connectivity index (χ0v) is 10.3. The average molecular weight is 216 g/mol. The molecule has 0 bridgehead atoms. The lowest BCUT2D eigenvalue weighted by molar-refractivity contribution is 0.441. The second-order valence-corrected chi connectivity index (χ2v) is 4.68. The van der Waals surface area contributed by atoms with Crippen molar-refractivity contribution in [3.05, 3.63) is 35.4 Å². The first kappa shape index (κ1) is 12.7. The Morgan fingerprint density at radius 3 is 2.56 bits per heavy atom. The molecule has 0 heterocycles. The number of nitriles is 1. The average Bonchev–Trinajstić information content (AvgIpc) is 2.26. The molecule has 1 aromatic rings. The van der Waals surface area contributed by atoms with Crippen LogP contribution in [0, 0.1) is 17.2 Å².